The van der Waals surface area contributed by atoms with Crippen molar-refractivity contribution in [2.24, 2.45) is 0 Å². The summed E-state index contributed by atoms with van der Waals surface area (Å²) in [5, 5.41) is 10.4. The van der Waals surface area contributed by atoms with Crippen molar-refractivity contribution in [2.75, 3.05) is 55.6 Å². The number of aromatic nitrogens is 2. The maximum atomic E-state index is 13.0. The molecule has 3 aromatic rings. The van der Waals surface area contributed by atoms with Crippen LogP contribution in [0.5, 0.6) is 0 Å². The van der Waals surface area contributed by atoms with E-state index in [2.05, 4.69) is 37.7 Å². The van der Waals surface area contributed by atoms with Crippen LogP contribution >= 0.6 is 0 Å². The summed E-state index contributed by atoms with van der Waals surface area (Å²) >= 11 is 0. The lowest BCUT2D eigenvalue weighted by Gasteiger charge is -2.42. The first-order chi connectivity index (χ1) is 17.0. The molecule has 5 rings (SSSR count). The van der Waals surface area contributed by atoms with Gasteiger partial charge in [0.25, 0.3) is 6.43 Å². The third-order valence-corrected chi connectivity index (χ3v) is 6.72. The maximum Gasteiger partial charge on any atom is 0.280 e. The molecule has 0 aliphatic carbocycles. The lowest BCUT2D eigenvalue weighted by molar-refractivity contribution is -0.0327. The summed E-state index contributed by atoms with van der Waals surface area (Å²) in [6.07, 6.45) is 0.726. The number of pyridine rings is 2. The molecule has 1 aromatic carbocycles. The van der Waals surface area contributed by atoms with Gasteiger partial charge in [-0.3, -0.25) is 14.9 Å². The van der Waals surface area contributed by atoms with Crippen molar-refractivity contribution in [2.45, 2.75) is 25.6 Å². The number of hydrogen-bond donors (Lipinski definition) is 0. The van der Waals surface area contributed by atoms with Crippen LogP contribution in [0.3, 0.4) is 0 Å². The highest BCUT2D eigenvalue weighted by atomic mass is 19.3. The molecule has 0 unspecified atom stereocenters. The molecule has 35 heavy (non-hydrogen) atoms. The first kappa shape index (κ1) is 23.4. The van der Waals surface area contributed by atoms with Crippen molar-refractivity contribution < 1.29 is 13.5 Å². The maximum absolute atomic E-state index is 13.0. The molecule has 2 saturated heterocycles. The third kappa shape index (κ3) is 5.04. The van der Waals surface area contributed by atoms with E-state index in [-0.39, 0.29) is 17.9 Å². The molecule has 0 amide bonds. The summed E-state index contributed by atoms with van der Waals surface area (Å²) in [7, 11) is 0. The Balaban J connectivity index is 1.24. The van der Waals surface area contributed by atoms with Crippen LogP contribution in [0, 0.1) is 11.3 Å². The zero-order valence-corrected chi connectivity index (χ0v) is 19.6. The zero-order chi connectivity index (χ0) is 24.4. The fourth-order valence-corrected chi connectivity index (χ4v) is 5.10. The molecule has 2 aromatic heterocycles. The van der Waals surface area contributed by atoms with Crippen LogP contribution in [0.15, 0.2) is 48.8 Å². The Kier molecular flexibility index (Phi) is 6.75. The van der Waals surface area contributed by atoms with Crippen LogP contribution < -0.4 is 9.80 Å². The van der Waals surface area contributed by atoms with Gasteiger partial charge in [0.05, 0.1) is 23.3 Å². The van der Waals surface area contributed by atoms with E-state index in [4.69, 9.17) is 4.74 Å². The number of anilines is 2. The Morgan fingerprint density at radius 1 is 1.06 bits per heavy atom. The largest absolute Gasteiger partial charge is 0.370 e. The van der Waals surface area contributed by atoms with Gasteiger partial charge in [0.1, 0.15) is 11.8 Å². The molecule has 7 nitrogen and oxygen atoms in total. The molecular formula is C26H28F2N6O. The number of halogens is 2. The molecule has 4 heterocycles. The van der Waals surface area contributed by atoms with Gasteiger partial charge in [0.15, 0.2) is 0 Å². The standard InChI is InChI=1S/C26H28F2N6O/c1-18-15-34(24-5-4-19(14-29)25-22(24)3-2-7-31-25)17-21(35-18)16-32-9-11-33(12-10-32)20-6-8-30-23(13-20)26(27)28/h2-8,13,18,21,26H,9-12,15-17H2,1H3/t18-,21+/m1/s1. The van der Waals surface area contributed by atoms with Crippen molar-refractivity contribution >= 4 is 22.3 Å². The number of nitriles is 1. The molecule has 2 aliphatic heterocycles. The summed E-state index contributed by atoms with van der Waals surface area (Å²) in [6, 6.07) is 13.3. The Bertz CT molecular complexity index is 1220. The molecule has 2 fully saturated rings. The highest BCUT2D eigenvalue weighted by molar-refractivity contribution is 5.95. The number of rotatable bonds is 5. The van der Waals surface area contributed by atoms with Crippen molar-refractivity contribution in [3.63, 3.8) is 0 Å². The molecule has 2 atom stereocenters. The predicted octanol–water partition coefficient (Wildman–Crippen LogP) is 3.85. The minimum atomic E-state index is -2.56. The molecule has 0 bridgehead atoms. The van der Waals surface area contributed by atoms with E-state index in [1.807, 2.05) is 24.3 Å². The van der Waals surface area contributed by atoms with Crippen LogP contribution in [0.4, 0.5) is 20.2 Å². The SMILES string of the molecule is C[C@@H]1CN(c2ccc(C#N)c3ncccc23)C[C@H](CN2CCN(c3ccnc(C(F)F)c3)CC2)O1. The van der Waals surface area contributed by atoms with E-state index in [0.29, 0.717) is 5.56 Å². The van der Waals surface area contributed by atoms with E-state index in [1.165, 1.54) is 12.3 Å². The molecule has 182 valence electrons. The zero-order valence-electron chi connectivity index (χ0n) is 19.6. The molecule has 0 radical (unpaired) electrons. The molecule has 0 spiro atoms. The number of fused-ring (bicyclic) bond motifs is 1. The average Bonchev–Trinajstić information content (AvgIpc) is 2.88. The van der Waals surface area contributed by atoms with Gasteiger partial charge < -0.3 is 14.5 Å². The minimum Gasteiger partial charge on any atom is -0.370 e. The van der Waals surface area contributed by atoms with E-state index >= 15 is 0 Å². The van der Waals surface area contributed by atoms with Gasteiger partial charge in [0.2, 0.25) is 0 Å². The van der Waals surface area contributed by atoms with Gasteiger partial charge in [-0.15, -0.1) is 0 Å². The fraction of sp³-hybridized carbons (Fsp3) is 0.423. The Morgan fingerprint density at radius 2 is 1.89 bits per heavy atom. The number of morpholine rings is 1. The second-order valence-corrected chi connectivity index (χ2v) is 9.14. The second-order valence-electron chi connectivity index (χ2n) is 9.14. The van der Waals surface area contributed by atoms with Crippen molar-refractivity contribution in [1.29, 1.82) is 5.26 Å². The summed E-state index contributed by atoms with van der Waals surface area (Å²) in [5.74, 6) is 0. The van der Waals surface area contributed by atoms with Gasteiger partial charge in [-0.25, -0.2) is 8.78 Å². The Morgan fingerprint density at radius 3 is 2.66 bits per heavy atom. The average molecular weight is 479 g/mol. The Hall–Kier alpha value is -3.35. The number of alkyl halides is 2. The van der Waals surface area contributed by atoms with Gasteiger partial charge >= 0.3 is 0 Å². The van der Waals surface area contributed by atoms with E-state index in [1.54, 1.807) is 12.3 Å². The van der Waals surface area contributed by atoms with E-state index < -0.39 is 6.43 Å². The summed E-state index contributed by atoms with van der Waals surface area (Å²) in [4.78, 5) is 15.1. The van der Waals surface area contributed by atoms with Gasteiger partial charge in [-0.1, -0.05) is 0 Å². The monoisotopic (exact) mass is 478 g/mol. The highest BCUT2D eigenvalue weighted by Gasteiger charge is 2.29. The molecule has 2 aliphatic rings. The van der Waals surface area contributed by atoms with Gasteiger partial charge in [-0.2, -0.15) is 5.26 Å². The van der Waals surface area contributed by atoms with Crippen LogP contribution in [-0.4, -0.2) is 72.9 Å². The predicted molar refractivity (Wildman–Crippen MR) is 131 cm³/mol. The van der Waals surface area contributed by atoms with Crippen molar-refractivity contribution in [3.05, 3.63) is 60.0 Å². The number of nitrogens with zero attached hydrogens (tertiary/aromatic N) is 6. The third-order valence-electron chi connectivity index (χ3n) is 6.72. The molecule has 0 N–H and O–H groups in total. The molecular weight excluding hydrogens is 450 g/mol. The van der Waals surface area contributed by atoms with E-state index in [9.17, 15) is 14.0 Å². The number of piperazine rings is 1. The highest BCUT2D eigenvalue weighted by Crippen LogP contribution is 2.30. The molecule has 9 heteroatoms. The lowest BCUT2D eigenvalue weighted by atomic mass is 10.1. The van der Waals surface area contributed by atoms with E-state index in [0.717, 1.165) is 68.1 Å². The number of benzene rings is 1. The van der Waals surface area contributed by atoms with Crippen LogP contribution in [-0.2, 0) is 4.74 Å². The summed E-state index contributed by atoms with van der Waals surface area (Å²) in [5.41, 5.74) is 3.00. The second kappa shape index (κ2) is 10.1. The van der Waals surface area contributed by atoms with Gasteiger partial charge in [-0.05, 0) is 43.3 Å². The fourth-order valence-electron chi connectivity index (χ4n) is 5.10. The normalized spacial score (nSPS) is 21.5. The smallest absolute Gasteiger partial charge is 0.280 e. The quantitative estimate of drug-likeness (QED) is 0.552. The van der Waals surface area contributed by atoms with Crippen LogP contribution in [0.2, 0.25) is 0 Å². The summed E-state index contributed by atoms with van der Waals surface area (Å²) < 4.78 is 32.3. The van der Waals surface area contributed by atoms with Crippen molar-refractivity contribution in [3.8, 4) is 6.07 Å². The van der Waals surface area contributed by atoms with Crippen LogP contribution in [0.1, 0.15) is 24.6 Å². The first-order valence-electron chi connectivity index (χ1n) is 11.9. The summed E-state index contributed by atoms with van der Waals surface area (Å²) in [6.45, 7) is 7.63. The molecule has 0 saturated carbocycles. The van der Waals surface area contributed by atoms with Crippen LogP contribution in [0.25, 0.3) is 10.9 Å². The number of ether oxygens (including phenoxy) is 1. The van der Waals surface area contributed by atoms with Crippen molar-refractivity contribution in [1.82, 2.24) is 14.9 Å². The Labute approximate surface area is 203 Å². The minimum absolute atomic E-state index is 0.0408. The first-order valence-corrected chi connectivity index (χ1v) is 11.9. The lowest BCUT2D eigenvalue weighted by Crippen LogP contribution is -2.54. The van der Waals surface area contributed by atoms with Gasteiger partial charge in [0, 0.05) is 75.0 Å². The number of hydrogen-bond acceptors (Lipinski definition) is 7. The topological polar surface area (TPSA) is 68.5 Å².